The second kappa shape index (κ2) is 14.0. The molecule has 214 valence electrons. The molecule has 0 spiro atoms. The summed E-state index contributed by atoms with van der Waals surface area (Å²) in [5.41, 5.74) is 3.17. The molecule has 3 aromatic rings. The predicted octanol–water partition coefficient (Wildman–Crippen LogP) is 5.54. The van der Waals surface area contributed by atoms with Gasteiger partial charge in [-0.25, -0.2) is 8.42 Å². The molecule has 1 N–H and O–H groups in total. The van der Waals surface area contributed by atoms with Gasteiger partial charge in [-0.3, -0.25) is 13.9 Å². The SMILES string of the molecule is CCCNC(=O)[C@@H](Cc1ccccc1)N(Cc1c(Cl)cccc1Cl)C(=O)CN(c1c(C)cccc1C)S(C)(=O)=O. The van der Waals surface area contributed by atoms with Crippen LogP contribution in [0.3, 0.4) is 0 Å². The van der Waals surface area contributed by atoms with Gasteiger partial charge >= 0.3 is 0 Å². The summed E-state index contributed by atoms with van der Waals surface area (Å²) < 4.78 is 27.2. The maximum Gasteiger partial charge on any atom is 0.244 e. The van der Waals surface area contributed by atoms with E-state index in [0.717, 1.165) is 16.1 Å². The normalized spacial score (nSPS) is 12.1. The second-order valence-electron chi connectivity index (χ2n) is 9.73. The number of nitrogens with one attached hydrogen (secondary N) is 1. The average Bonchev–Trinajstić information content (AvgIpc) is 2.90. The molecule has 0 aliphatic carbocycles. The number of amides is 2. The lowest BCUT2D eigenvalue weighted by Crippen LogP contribution is -2.53. The molecule has 3 rings (SSSR count). The van der Waals surface area contributed by atoms with Gasteiger partial charge < -0.3 is 10.2 Å². The van der Waals surface area contributed by atoms with Crippen molar-refractivity contribution in [3.05, 3.63) is 99.0 Å². The Morgan fingerprint density at radius 2 is 1.48 bits per heavy atom. The predicted molar refractivity (Wildman–Crippen MR) is 162 cm³/mol. The van der Waals surface area contributed by atoms with Crippen LogP contribution in [0.4, 0.5) is 5.69 Å². The zero-order chi connectivity index (χ0) is 29.4. The maximum atomic E-state index is 14.2. The van der Waals surface area contributed by atoms with Crippen LogP contribution in [0.25, 0.3) is 0 Å². The molecule has 0 aliphatic heterocycles. The molecule has 0 aliphatic rings. The van der Waals surface area contributed by atoms with Crippen LogP contribution in [0.2, 0.25) is 10.0 Å². The van der Waals surface area contributed by atoms with Crippen molar-refractivity contribution in [1.82, 2.24) is 10.2 Å². The maximum absolute atomic E-state index is 14.2. The van der Waals surface area contributed by atoms with E-state index in [4.69, 9.17) is 23.2 Å². The van der Waals surface area contributed by atoms with Crippen molar-refractivity contribution < 1.29 is 18.0 Å². The number of nitrogens with zero attached hydrogens (tertiary/aromatic N) is 2. The van der Waals surface area contributed by atoms with Crippen LogP contribution >= 0.6 is 23.2 Å². The lowest BCUT2D eigenvalue weighted by atomic mass is 10.0. The van der Waals surface area contributed by atoms with E-state index in [1.807, 2.05) is 43.3 Å². The summed E-state index contributed by atoms with van der Waals surface area (Å²) in [5.74, 6) is -0.906. The first-order valence-electron chi connectivity index (χ1n) is 13.0. The Labute approximate surface area is 247 Å². The van der Waals surface area contributed by atoms with Crippen LogP contribution in [-0.2, 0) is 32.6 Å². The molecule has 0 radical (unpaired) electrons. The van der Waals surface area contributed by atoms with E-state index in [1.54, 1.807) is 44.2 Å². The van der Waals surface area contributed by atoms with E-state index >= 15 is 0 Å². The van der Waals surface area contributed by atoms with Gasteiger partial charge in [-0.15, -0.1) is 0 Å². The molecular formula is C30H35Cl2N3O4S. The van der Waals surface area contributed by atoms with Gasteiger partial charge in [0.05, 0.1) is 11.9 Å². The Bertz CT molecular complexity index is 1410. The van der Waals surface area contributed by atoms with Crippen molar-refractivity contribution in [1.29, 1.82) is 0 Å². The van der Waals surface area contributed by atoms with Gasteiger partial charge in [0, 0.05) is 35.1 Å². The number of rotatable bonds is 12. The number of halogens is 2. The number of para-hydroxylation sites is 1. The minimum Gasteiger partial charge on any atom is -0.354 e. The van der Waals surface area contributed by atoms with Gasteiger partial charge in [-0.1, -0.05) is 84.7 Å². The topological polar surface area (TPSA) is 86.8 Å². The molecule has 0 saturated heterocycles. The van der Waals surface area contributed by atoms with Crippen LogP contribution in [0.5, 0.6) is 0 Å². The van der Waals surface area contributed by atoms with Crippen LogP contribution in [0.1, 0.15) is 35.6 Å². The van der Waals surface area contributed by atoms with E-state index < -0.39 is 28.5 Å². The summed E-state index contributed by atoms with van der Waals surface area (Å²) in [6.07, 6.45) is 1.99. The number of benzene rings is 3. The minimum atomic E-state index is -3.87. The van der Waals surface area contributed by atoms with Gasteiger partial charge in [0.25, 0.3) is 0 Å². The summed E-state index contributed by atoms with van der Waals surface area (Å²) in [4.78, 5) is 29.1. The average molecular weight is 605 g/mol. The molecule has 0 saturated carbocycles. The summed E-state index contributed by atoms with van der Waals surface area (Å²) in [6, 6.07) is 18.8. The van der Waals surface area contributed by atoms with E-state index in [-0.39, 0.29) is 18.9 Å². The molecule has 0 heterocycles. The van der Waals surface area contributed by atoms with Gasteiger partial charge in [0.1, 0.15) is 12.6 Å². The Hall–Kier alpha value is -3.07. The summed E-state index contributed by atoms with van der Waals surface area (Å²) >= 11 is 13.0. The van der Waals surface area contributed by atoms with Gasteiger partial charge in [0.15, 0.2) is 0 Å². The van der Waals surface area contributed by atoms with Crippen molar-refractivity contribution in [3.8, 4) is 0 Å². The molecule has 0 aromatic heterocycles. The van der Waals surface area contributed by atoms with E-state index in [9.17, 15) is 18.0 Å². The third kappa shape index (κ3) is 7.99. The van der Waals surface area contributed by atoms with Crippen LogP contribution in [-0.4, -0.2) is 50.5 Å². The van der Waals surface area contributed by atoms with E-state index in [2.05, 4.69) is 5.32 Å². The highest BCUT2D eigenvalue weighted by Gasteiger charge is 2.34. The van der Waals surface area contributed by atoms with Crippen molar-refractivity contribution in [2.75, 3.05) is 23.7 Å². The molecule has 0 bridgehead atoms. The third-order valence-electron chi connectivity index (χ3n) is 6.58. The Morgan fingerprint density at radius 3 is 2.02 bits per heavy atom. The fourth-order valence-electron chi connectivity index (χ4n) is 4.55. The standard InChI is InChI=1S/C30H35Cl2N3O4S/c1-5-17-33-30(37)27(18-23-13-7-6-8-14-23)34(19-24-25(31)15-10-16-26(24)32)28(36)20-35(40(4,38)39)29-21(2)11-9-12-22(29)3/h6-16,27H,5,17-20H2,1-4H3,(H,33,37)/t27-/m1/s1. The quantitative estimate of drug-likeness (QED) is 0.294. The molecule has 0 unspecified atom stereocenters. The third-order valence-corrected chi connectivity index (χ3v) is 8.40. The number of carbonyl (C=O) groups excluding carboxylic acids is 2. The second-order valence-corrected chi connectivity index (χ2v) is 12.4. The first-order valence-corrected chi connectivity index (χ1v) is 15.6. The lowest BCUT2D eigenvalue weighted by molar-refractivity contribution is -0.140. The zero-order valence-corrected chi connectivity index (χ0v) is 25.5. The van der Waals surface area contributed by atoms with E-state index in [1.165, 1.54) is 4.90 Å². The van der Waals surface area contributed by atoms with E-state index in [0.29, 0.717) is 45.4 Å². The minimum absolute atomic E-state index is 0.0846. The molecule has 2 amide bonds. The molecular weight excluding hydrogens is 569 g/mol. The lowest BCUT2D eigenvalue weighted by Gasteiger charge is -2.34. The number of hydrogen-bond donors (Lipinski definition) is 1. The zero-order valence-electron chi connectivity index (χ0n) is 23.2. The summed E-state index contributed by atoms with van der Waals surface area (Å²) in [5, 5.41) is 3.59. The summed E-state index contributed by atoms with van der Waals surface area (Å²) in [6.45, 7) is 5.37. The van der Waals surface area contributed by atoms with Gasteiger partial charge in [-0.05, 0) is 49.1 Å². The largest absolute Gasteiger partial charge is 0.354 e. The highest BCUT2D eigenvalue weighted by Crippen LogP contribution is 2.29. The van der Waals surface area contributed by atoms with Gasteiger partial charge in [-0.2, -0.15) is 0 Å². The monoisotopic (exact) mass is 603 g/mol. The first kappa shape index (κ1) is 31.5. The number of sulfonamides is 1. The number of aryl methyl sites for hydroxylation is 2. The summed E-state index contributed by atoms with van der Waals surface area (Å²) in [7, 11) is -3.87. The number of carbonyl (C=O) groups is 2. The Morgan fingerprint density at radius 1 is 0.900 bits per heavy atom. The first-order chi connectivity index (χ1) is 18.9. The molecule has 1 atom stereocenters. The highest BCUT2D eigenvalue weighted by molar-refractivity contribution is 7.92. The molecule has 40 heavy (non-hydrogen) atoms. The Kier molecular flexibility index (Phi) is 11.0. The van der Waals surface area contributed by atoms with Crippen LogP contribution in [0, 0.1) is 13.8 Å². The fraction of sp³-hybridized carbons (Fsp3) is 0.333. The van der Waals surface area contributed by atoms with Gasteiger partial charge in [0.2, 0.25) is 21.8 Å². The van der Waals surface area contributed by atoms with Crippen LogP contribution in [0.15, 0.2) is 66.7 Å². The fourth-order valence-corrected chi connectivity index (χ4v) is 6.03. The number of anilines is 1. The smallest absolute Gasteiger partial charge is 0.244 e. The van der Waals surface area contributed by atoms with Crippen molar-refractivity contribution >= 4 is 50.7 Å². The molecule has 10 heteroatoms. The highest BCUT2D eigenvalue weighted by atomic mass is 35.5. The molecule has 0 fully saturated rings. The number of hydrogen-bond acceptors (Lipinski definition) is 4. The molecule has 7 nitrogen and oxygen atoms in total. The molecule has 3 aromatic carbocycles. The van der Waals surface area contributed by atoms with Crippen LogP contribution < -0.4 is 9.62 Å². The van der Waals surface area contributed by atoms with Crippen molar-refractivity contribution in [3.63, 3.8) is 0 Å². The van der Waals surface area contributed by atoms with Crippen molar-refractivity contribution in [2.45, 2.75) is 46.2 Å². The Balaban J connectivity index is 2.12. The van der Waals surface area contributed by atoms with Crippen molar-refractivity contribution in [2.24, 2.45) is 0 Å².